The molecule has 1 N–H and O–H groups in total. The molecule has 0 radical (unpaired) electrons. The van der Waals surface area contributed by atoms with Crippen molar-refractivity contribution in [3.05, 3.63) is 48.0 Å². The van der Waals surface area contributed by atoms with Gasteiger partial charge >= 0.3 is 6.03 Å². The van der Waals surface area contributed by atoms with E-state index in [1.807, 2.05) is 25.4 Å². The van der Waals surface area contributed by atoms with Crippen LogP contribution in [-0.2, 0) is 11.8 Å². The van der Waals surface area contributed by atoms with Gasteiger partial charge in [0, 0.05) is 50.5 Å². The first kappa shape index (κ1) is 25.9. The maximum absolute atomic E-state index is 14.9. The molecule has 1 aliphatic heterocycles. The van der Waals surface area contributed by atoms with Gasteiger partial charge in [-0.25, -0.2) is 27.9 Å². The number of carbonyl (C=O) groups is 1. The van der Waals surface area contributed by atoms with Gasteiger partial charge in [0.25, 0.3) is 0 Å². The molecule has 1 aromatic carbocycles. The van der Waals surface area contributed by atoms with Crippen molar-refractivity contribution >= 4 is 23.2 Å². The van der Waals surface area contributed by atoms with Crippen LogP contribution in [0.25, 0.3) is 22.4 Å². The fraction of sp³-hybridized carbons (Fsp3) is 0.407. The Morgan fingerprint density at radius 1 is 1.11 bits per heavy atom. The Morgan fingerprint density at radius 3 is 2.53 bits per heavy atom. The Labute approximate surface area is 218 Å². The minimum atomic E-state index is -2.73. The molecule has 38 heavy (non-hydrogen) atoms. The predicted molar refractivity (Wildman–Crippen MR) is 139 cm³/mol. The third-order valence-electron chi connectivity index (χ3n) is 6.83. The summed E-state index contributed by atoms with van der Waals surface area (Å²) < 4.78 is 48.9. The van der Waals surface area contributed by atoms with E-state index in [1.165, 1.54) is 6.07 Å². The number of carbonyl (C=O) groups excluding carboxylic acids is 1. The molecule has 1 aliphatic carbocycles. The number of pyridine rings is 1. The van der Waals surface area contributed by atoms with Crippen LogP contribution >= 0.6 is 0 Å². The Hall–Kier alpha value is -3.73. The van der Waals surface area contributed by atoms with E-state index < -0.39 is 17.8 Å². The van der Waals surface area contributed by atoms with Gasteiger partial charge in [0.15, 0.2) is 0 Å². The number of halogens is 3. The number of aryl methyl sites for hydroxylation is 2. The molecule has 2 fully saturated rings. The van der Waals surface area contributed by atoms with E-state index in [2.05, 4.69) is 20.3 Å². The normalized spacial score (nSPS) is 17.4. The second kappa shape index (κ2) is 10.6. The molecule has 3 aromatic rings. The Kier molecular flexibility index (Phi) is 7.20. The number of morpholine rings is 1. The lowest BCUT2D eigenvalue weighted by Crippen LogP contribution is -2.36. The predicted octanol–water partition coefficient (Wildman–Crippen LogP) is 5.62. The monoisotopic (exact) mass is 526 g/mol. The number of alkyl halides is 2. The highest BCUT2D eigenvalue weighted by molar-refractivity contribution is 6.01. The van der Waals surface area contributed by atoms with Crippen LogP contribution in [0, 0.1) is 12.7 Å². The summed E-state index contributed by atoms with van der Waals surface area (Å²) in [6.45, 7) is 4.38. The van der Waals surface area contributed by atoms with Gasteiger partial charge in [-0.2, -0.15) is 5.10 Å². The lowest BCUT2D eigenvalue weighted by atomic mass is 9.95. The van der Waals surface area contributed by atoms with Gasteiger partial charge in [0.05, 0.1) is 30.8 Å². The SMILES string of the molecule is Cc1cc(F)c(NC(=O)N=C2CCC(F)(F)CC2)cc1-c1cc(-c2cnn(C)c2)nc(N2CCOCC2)c1. The first-order chi connectivity index (χ1) is 18.2. The number of ether oxygens (including phenoxy) is 1. The van der Waals surface area contributed by atoms with E-state index in [1.54, 1.807) is 23.9 Å². The summed E-state index contributed by atoms with van der Waals surface area (Å²) in [5.41, 5.74) is 4.11. The summed E-state index contributed by atoms with van der Waals surface area (Å²) >= 11 is 0. The van der Waals surface area contributed by atoms with E-state index in [4.69, 9.17) is 9.72 Å². The van der Waals surface area contributed by atoms with E-state index >= 15 is 0 Å². The van der Waals surface area contributed by atoms with Gasteiger partial charge < -0.3 is 15.0 Å². The Balaban J connectivity index is 1.48. The van der Waals surface area contributed by atoms with E-state index in [9.17, 15) is 18.0 Å². The van der Waals surface area contributed by atoms with Gasteiger partial charge in [-0.1, -0.05) is 0 Å². The lowest BCUT2D eigenvalue weighted by Gasteiger charge is -2.28. The van der Waals surface area contributed by atoms with Crippen molar-refractivity contribution in [1.29, 1.82) is 0 Å². The summed E-state index contributed by atoms with van der Waals surface area (Å²) in [7, 11) is 1.83. The van der Waals surface area contributed by atoms with Crippen LogP contribution in [0.1, 0.15) is 31.2 Å². The zero-order chi connectivity index (χ0) is 26.9. The molecule has 0 atom stereocenters. The number of benzene rings is 1. The largest absolute Gasteiger partial charge is 0.378 e. The van der Waals surface area contributed by atoms with Crippen LogP contribution in [0.15, 0.2) is 41.7 Å². The minimum Gasteiger partial charge on any atom is -0.378 e. The summed E-state index contributed by atoms with van der Waals surface area (Å²) in [5.74, 6) is -2.57. The third-order valence-corrected chi connectivity index (χ3v) is 6.83. The number of aromatic nitrogens is 3. The molecular formula is C27H29F3N6O2. The molecule has 8 nitrogen and oxygen atoms in total. The molecule has 2 aromatic heterocycles. The molecule has 1 saturated carbocycles. The molecule has 2 aliphatic rings. The summed E-state index contributed by atoms with van der Waals surface area (Å²) in [4.78, 5) is 23.5. The second-order valence-electron chi connectivity index (χ2n) is 9.71. The fourth-order valence-corrected chi connectivity index (χ4v) is 4.71. The molecule has 2 amide bonds. The fourth-order valence-electron chi connectivity index (χ4n) is 4.71. The highest BCUT2D eigenvalue weighted by atomic mass is 19.3. The van der Waals surface area contributed by atoms with Crippen molar-refractivity contribution in [3.8, 4) is 22.4 Å². The zero-order valence-corrected chi connectivity index (χ0v) is 21.3. The molecule has 11 heteroatoms. The maximum Gasteiger partial charge on any atom is 0.345 e. The highest BCUT2D eigenvalue weighted by Gasteiger charge is 2.33. The number of hydrogen-bond donors (Lipinski definition) is 1. The van der Waals surface area contributed by atoms with Crippen LogP contribution in [0.4, 0.5) is 29.5 Å². The van der Waals surface area contributed by atoms with Gasteiger partial charge in [0.2, 0.25) is 5.92 Å². The first-order valence-electron chi connectivity index (χ1n) is 12.6. The molecule has 1 saturated heterocycles. The number of aliphatic imine (C=N–C) groups is 1. The maximum atomic E-state index is 14.9. The quantitative estimate of drug-likeness (QED) is 0.477. The van der Waals surface area contributed by atoms with Crippen LogP contribution < -0.4 is 10.2 Å². The average molecular weight is 527 g/mol. The summed E-state index contributed by atoms with van der Waals surface area (Å²) in [5, 5.41) is 6.76. The third kappa shape index (κ3) is 5.88. The number of hydrogen-bond acceptors (Lipinski definition) is 5. The Morgan fingerprint density at radius 2 is 1.84 bits per heavy atom. The van der Waals surface area contributed by atoms with Gasteiger partial charge in [-0.15, -0.1) is 0 Å². The van der Waals surface area contributed by atoms with Gasteiger partial charge in [0.1, 0.15) is 11.6 Å². The lowest BCUT2D eigenvalue weighted by molar-refractivity contribution is -0.0181. The zero-order valence-electron chi connectivity index (χ0n) is 21.3. The molecular weight excluding hydrogens is 497 g/mol. The number of urea groups is 1. The van der Waals surface area contributed by atoms with Crippen molar-refractivity contribution in [3.63, 3.8) is 0 Å². The van der Waals surface area contributed by atoms with Crippen molar-refractivity contribution in [2.24, 2.45) is 12.0 Å². The van der Waals surface area contributed by atoms with Crippen molar-refractivity contribution in [2.45, 2.75) is 38.5 Å². The number of nitrogens with one attached hydrogen (secondary N) is 1. The summed E-state index contributed by atoms with van der Waals surface area (Å²) in [6, 6.07) is 6.01. The smallest absolute Gasteiger partial charge is 0.345 e. The molecule has 0 unspecified atom stereocenters. The number of rotatable bonds is 4. The minimum absolute atomic E-state index is 0.0336. The van der Waals surface area contributed by atoms with E-state index in [-0.39, 0.29) is 31.4 Å². The molecule has 5 rings (SSSR count). The van der Waals surface area contributed by atoms with E-state index in [0.717, 1.165) is 16.9 Å². The number of nitrogens with zero attached hydrogens (tertiary/aromatic N) is 5. The molecule has 0 spiro atoms. The van der Waals surface area contributed by atoms with Crippen LogP contribution in [0.2, 0.25) is 0 Å². The average Bonchev–Trinajstić information content (AvgIpc) is 3.33. The van der Waals surface area contributed by atoms with Crippen LogP contribution in [0.5, 0.6) is 0 Å². The first-order valence-corrected chi connectivity index (χ1v) is 12.6. The van der Waals surface area contributed by atoms with Crippen molar-refractivity contribution in [1.82, 2.24) is 14.8 Å². The van der Waals surface area contributed by atoms with Crippen molar-refractivity contribution in [2.75, 3.05) is 36.5 Å². The van der Waals surface area contributed by atoms with Gasteiger partial charge in [-0.05, 0) is 60.7 Å². The molecule has 3 heterocycles. The molecule has 0 bridgehead atoms. The van der Waals surface area contributed by atoms with Crippen molar-refractivity contribution < 1.29 is 22.7 Å². The number of anilines is 2. The van der Waals surface area contributed by atoms with Crippen LogP contribution in [0.3, 0.4) is 0 Å². The summed E-state index contributed by atoms with van der Waals surface area (Å²) in [6.07, 6.45) is 3.02. The highest BCUT2D eigenvalue weighted by Crippen LogP contribution is 2.35. The van der Waals surface area contributed by atoms with Crippen LogP contribution in [-0.4, -0.2) is 58.7 Å². The van der Waals surface area contributed by atoms with Gasteiger partial charge in [-0.3, -0.25) is 4.68 Å². The topological polar surface area (TPSA) is 84.6 Å². The standard InChI is InChI=1S/C27H29F3N6O2/c1-17-11-22(28)24(34-26(37)32-20-3-5-27(29,30)6-4-20)14-21(17)18-12-23(19-15-31-35(2)16-19)33-25(13-18)36-7-9-38-10-8-36/h11-16H,3-10H2,1-2H3,(H,34,37). The number of amides is 2. The molecule has 200 valence electrons. The second-order valence-corrected chi connectivity index (χ2v) is 9.71. The Bertz CT molecular complexity index is 1370. The van der Waals surface area contributed by atoms with E-state index in [0.29, 0.717) is 48.8 Å².